The summed E-state index contributed by atoms with van der Waals surface area (Å²) < 4.78 is 1.84. The molecule has 0 saturated carbocycles. The van der Waals surface area contributed by atoms with Crippen molar-refractivity contribution in [2.45, 2.75) is 6.54 Å². The molecule has 0 aliphatic carbocycles. The fourth-order valence-corrected chi connectivity index (χ4v) is 1.37. The number of hydrogen-bond donors (Lipinski definition) is 1. The van der Waals surface area contributed by atoms with Crippen molar-refractivity contribution in [3.63, 3.8) is 0 Å². The summed E-state index contributed by atoms with van der Waals surface area (Å²) in [6.07, 6.45) is 3.17. The average molecular weight is 206 g/mol. The molecule has 0 atom stereocenters. The normalized spacial score (nSPS) is 11.4. The Morgan fingerprint density at radius 1 is 1.40 bits per heavy atom. The Labute approximate surface area is 87.7 Å². The number of anilines is 1. The van der Waals surface area contributed by atoms with Gasteiger partial charge in [-0.1, -0.05) is 0 Å². The van der Waals surface area contributed by atoms with Crippen molar-refractivity contribution in [1.29, 1.82) is 0 Å². The van der Waals surface area contributed by atoms with E-state index < -0.39 is 0 Å². The maximum absolute atomic E-state index is 5.71. The second kappa shape index (κ2) is 3.82. The van der Waals surface area contributed by atoms with Gasteiger partial charge in [0.25, 0.3) is 0 Å². The molecular formula is C9H14N6. The molecule has 2 rings (SSSR count). The Bertz CT molecular complexity index is 461. The van der Waals surface area contributed by atoms with E-state index >= 15 is 0 Å². The molecule has 0 aliphatic rings. The predicted molar refractivity (Wildman–Crippen MR) is 58.3 cm³/mol. The van der Waals surface area contributed by atoms with Crippen molar-refractivity contribution in [2.24, 2.45) is 0 Å². The zero-order valence-electron chi connectivity index (χ0n) is 8.88. The molecule has 6 heteroatoms. The average Bonchev–Trinajstić information content (AvgIpc) is 2.59. The van der Waals surface area contributed by atoms with Gasteiger partial charge in [0, 0.05) is 6.54 Å². The second-order valence-corrected chi connectivity index (χ2v) is 3.67. The number of likely N-dealkylation sites (N-methyl/N-ethyl adjacent to an activating group) is 1. The van der Waals surface area contributed by atoms with Crippen LogP contribution in [-0.2, 0) is 6.54 Å². The smallest absolute Gasteiger partial charge is 0.163 e. The number of nitrogens with zero attached hydrogens (tertiary/aromatic N) is 5. The molecule has 0 unspecified atom stereocenters. The van der Waals surface area contributed by atoms with Crippen LogP contribution in [-0.4, -0.2) is 45.3 Å². The van der Waals surface area contributed by atoms with Crippen LogP contribution in [0.15, 0.2) is 12.5 Å². The minimum atomic E-state index is 0.483. The summed E-state index contributed by atoms with van der Waals surface area (Å²) in [5.74, 6) is 0.483. The second-order valence-electron chi connectivity index (χ2n) is 3.67. The van der Waals surface area contributed by atoms with Gasteiger partial charge in [-0.15, -0.1) is 0 Å². The first kappa shape index (κ1) is 9.85. The number of rotatable bonds is 3. The molecule has 2 N–H and O–H groups in total. The van der Waals surface area contributed by atoms with Crippen LogP contribution >= 0.6 is 0 Å². The van der Waals surface area contributed by atoms with Crippen LogP contribution in [0.4, 0.5) is 5.82 Å². The Kier molecular flexibility index (Phi) is 2.51. The van der Waals surface area contributed by atoms with Crippen LogP contribution in [0.5, 0.6) is 0 Å². The van der Waals surface area contributed by atoms with Crippen LogP contribution in [0.3, 0.4) is 0 Å². The standard InChI is InChI=1S/C9H14N6/c1-14(2)3-4-15-9-7(5-13-15)8(10)11-6-12-9/h5-6H,3-4H2,1-2H3,(H2,10,11,12). The lowest BCUT2D eigenvalue weighted by Crippen LogP contribution is -2.19. The number of nitrogen functional groups attached to an aromatic ring is 1. The summed E-state index contributed by atoms with van der Waals surface area (Å²) in [5.41, 5.74) is 6.51. The van der Waals surface area contributed by atoms with Crippen molar-refractivity contribution < 1.29 is 0 Å². The molecule has 80 valence electrons. The van der Waals surface area contributed by atoms with E-state index in [-0.39, 0.29) is 0 Å². The Morgan fingerprint density at radius 2 is 2.20 bits per heavy atom. The van der Waals surface area contributed by atoms with Crippen LogP contribution < -0.4 is 5.73 Å². The van der Waals surface area contributed by atoms with Gasteiger partial charge in [-0.2, -0.15) is 5.10 Å². The minimum absolute atomic E-state index is 0.483. The van der Waals surface area contributed by atoms with Crippen molar-refractivity contribution in [3.05, 3.63) is 12.5 Å². The van der Waals surface area contributed by atoms with Crippen LogP contribution in [0.2, 0.25) is 0 Å². The molecule has 0 bridgehead atoms. The fraction of sp³-hybridized carbons (Fsp3) is 0.444. The highest BCUT2D eigenvalue weighted by Crippen LogP contribution is 2.14. The van der Waals surface area contributed by atoms with E-state index in [9.17, 15) is 0 Å². The van der Waals surface area contributed by atoms with Crippen LogP contribution in [0.25, 0.3) is 11.0 Å². The predicted octanol–water partition coefficient (Wildman–Crippen LogP) is -0.0299. The first-order chi connectivity index (χ1) is 7.18. The van der Waals surface area contributed by atoms with Gasteiger partial charge in [-0.05, 0) is 14.1 Å². The van der Waals surface area contributed by atoms with Gasteiger partial charge < -0.3 is 10.6 Å². The lowest BCUT2D eigenvalue weighted by atomic mass is 10.4. The SMILES string of the molecule is CN(C)CCn1ncc2c(N)ncnc21. The lowest BCUT2D eigenvalue weighted by Gasteiger charge is -2.09. The minimum Gasteiger partial charge on any atom is -0.383 e. The van der Waals surface area contributed by atoms with E-state index in [4.69, 9.17) is 5.73 Å². The zero-order valence-corrected chi connectivity index (χ0v) is 8.88. The molecule has 0 aliphatic heterocycles. The zero-order chi connectivity index (χ0) is 10.8. The van der Waals surface area contributed by atoms with Crippen molar-refractivity contribution in [3.8, 4) is 0 Å². The van der Waals surface area contributed by atoms with Gasteiger partial charge in [0.2, 0.25) is 0 Å². The van der Waals surface area contributed by atoms with Gasteiger partial charge in [-0.3, -0.25) is 0 Å². The molecule has 0 spiro atoms. The van der Waals surface area contributed by atoms with Gasteiger partial charge in [0.05, 0.1) is 18.1 Å². The van der Waals surface area contributed by atoms with E-state index in [1.165, 1.54) is 6.33 Å². The van der Waals surface area contributed by atoms with Gasteiger partial charge in [0.1, 0.15) is 12.1 Å². The number of aromatic nitrogens is 4. The van der Waals surface area contributed by atoms with E-state index in [1.54, 1.807) is 6.20 Å². The molecule has 2 aromatic heterocycles. The maximum atomic E-state index is 5.71. The highest BCUT2D eigenvalue weighted by molar-refractivity contribution is 5.84. The van der Waals surface area contributed by atoms with E-state index in [1.807, 2.05) is 18.8 Å². The van der Waals surface area contributed by atoms with Gasteiger partial charge in [-0.25, -0.2) is 14.6 Å². The van der Waals surface area contributed by atoms with Gasteiger partial charge in [0.15, 0.2) is 5.65 Å². The van der Waals surface area contributed by atoms with E-state index in [0.29, 0.717) is 5.82 Å². The molecule has 2 aromatic rings. The summed E-state index contributed by atoms with van der Waals surface area (Å²) in [4.78, 5) is 10.2. The Morgan fingerprint density at radius 3 is 2.93 bits per heavy atom. The number of hydrogen-bond acceptors (Lipinski definition) is 5. The maximum Gasteiger partial charge on any atom is 0.163 e. The third-order valence-electron chi connectivity index (χ3n) is 2.22. The summed E-state index contributed by atoms with van der Waals surface area (Å²) in [6, 6.07) is 0. The Hall–Kier alpha value is -1.69. The monoisotopic (exact) mass is 206 g/mol. The highest BCUT2D eigenvalue weighted by atomic mass is 15.3. The van der Waals surface area contributed by atoms with Gasteiger partial charge >= 0.3 is 0 Å². The Balaban J connectivity index is 2.33. The van der Waals surface area contributed by atoms with Crippen LogP contribution in [0.1, 0.15) is 0 Å². The quantitative estimate of drug-likeness (QED) is 0.763. The summed E-state index contributed by atoms with van der Waals surface area (Å²) >= 11 is 0. The third kappa shape index (κ3) is 1.89. The summed E-state index contributed by atoms with van der Waals surface area (Å²) in [5, 5.41) is 5.05. The molecule has 0 saturated heterocycles. The van der Waals surface area contributed by atoms with Crippen molar-refractivity contribution >= 4 is 16.9 Å². The van der Waals surface area contributed by atoms with Crippen molar-refractivity contribution in [2.75, 3.05) is 26.4 Å². The first-order valence-corrected chi connectivity index (χ1v) is 4.75. The molecule has 0 fully saturated rings. The molecule has 0 aromatic carbocycles. The topological polar surface area (TPSA) is 72.9 Å². The first-order valence-electron chi connectivity index (χ1n) is 4.75. The summed E-state index contributed by atoms with van der Waals surface area (Å²) in [7, 11) is 4.05. The largest absolute Gasteiger partial charge is 0.383 e. The van der Waals surface area contributed by atoms with E-state index in [0.717, 1.165) is 24.1 Å². The van der Waals surface area contributed by atoms with Crippen LogP contribution in [0, 0.1) is 0 Å². The highest BCUT2D eigenvalue weighted by Gasteiger charge is 2.06. The molecule has 0 amide bonds. The van der Waals surface area contributed by atoms with E-state index in [2.05, 4.69) is 20.0 Å². The fourth-order valence-electron chi connectivity index (χ4n) is 1.37. The molecule has 2 heterocycles. The molecule has 0 radical (unpaired) electrons. The summed E-state index contributed by atoms with van der Waals surface area (Å²) in [6.45, 7) is 1.72. The van der Waals surface area contributed by atoms with Crippen molar-refractivity contribution in [1.82, 2.24) is 24.6 Å². The molecular weight excluding hydrogens is 192 g/mol. The molecule has 6 nitrogen and oxygen atoms in total. The number of fused-ring (bicyclic) bond motifs is 1. The molecule has 15 heavy (non-hydrogen) atoms. The third-order valence-corrected chi connectivity index (χ3v) is 2.22. The lowest BCUT2D eigenvalue weighted by molar-refractivity contribution is 0.376. The number of nitrogens with two attached hydrogens (primary N) is 1.